The van der Waals surface area contributed by atoms with Gasteiger partial charge in [0.25, 0.3) is 0 Å². The van der Waals surface area contributed by atoms with E-state index in [1.807, 2.05) is 0 Å². The predicted molar refractivity (Wildman–Crippen MR) is 54.9 cm³/mol. The molecule has 1 aliphatic heterocycles. The number of aliphatic hydroxyl groups is 1. The Morgan fingerprint density at radius 2 is 2.33 bits per heavy atom. The van der Waals surface area contributed by atoms with Crippen LogP contribution in [0.25, 0.3) is 0 Å². The van der Waals surface area contributed by atoms with Crippen LogP contribution in [0.1, 0.15) is 18.9 Å². The van der Waals surface area contributed by atoms with Crippen molar-refractivity contribution in [2.45, 2.75) is 18.9 Å². The number of benzene rings is 1. The maximum Gasteiger partial charge on any atom is 0.123 e. The van der Waals surface area contributed by atoms with Gasteiger partial charge in [0.2, 0.25) is 0 Å². The van der Waals surface area contributed by atoms with Crippen molar-refractivity contribution in [2.75, 3.05) is 13.2 Å². The van der Waals surface area contributed by atoms with Crippen LogP contribution in [0.5, 0.6) is 0 Å². The molecule has 1 saturated heterocycles. The highest BCUT2D eigenvalue weighted by molar-refractivity contribution is 5.23. The molecule has 2 nitrogen and oxygen atoms in total. The Labute approximate surface area is 88.7 Å². The van der Waals surface area contributed by atoms with Crippen LogP contribution in [-0.4, -0.2) is 18.3 Å². The van der Waals surface area contributed by atoms with Crippen LogP contribution in [0.3, 0.4) is 0 Å². The van der Waals surface area contributed by atoms with E-state index in [0.717, 1.165) is 6.42 Å². The largest absolute Gasteiger partial charge is 0.385 e. The predicted octanol–water partition coefficient (Wildman–Crippen LogP) is 2.07. The fourth-order valence-corrected chi connectivity index (χ4v) is 2.02. The highest BCUT2D eigenvalue weighted by Gasteiger charge is 2.36. The van der Waals surface area contributed by atoms with Crippen LogP contribution in [0.4, 0.5) is 4.39 Å². The van der Waals surface area contributed by atoms with Gasteiger partial charge in [-0.15, -0.1) is 0 Å². The molecule has 0 radical (unpaired) electrons. The molecule has 0 saturated carbocycles. The fourth-order valence-electron chi connectivity index (χ4n) is 2.02. The zero-order valence-electron chi connectivity index (χ0n) is 8.74. The summed E-state index contributed by atoms with van der Waals surface area (Å²) in [4.78, 5) is 0. The highest BCUT2D eigenvalue weighted by Crippen LogP contribution is 2.34. The van der Waals surface area contributed by atoms with Crippen molar-refractivity contribution in [3.8, 4) is 0 Å². The number of hydrogen-bond acceptors (Lipinski definition) is 2. The van der Waals surface area contributed by atoms with Gasteiger partial charge in [0.15, 0.2) is 0 Å². The summed E-state index contributed by atoms with van der Waals surface area (Å²) in [7, 11) is 0. The molecular formula is C12H15FO2. The Hall–Kier alpha value is -0.930. The van der Waals surface area contributed by atoms with E-state index in [4.69, 9.17) is 4.74 Å². The smallest absolute Gasteiger partial charge is 0.123 e. The topological polar surface area (TPSA) is 29.5 Å². The summed E-state index contributed by atoms with van der Waals surface area (Å²) < 4.78 is 18.3. The van der Waals surface area contributed by atoms with E-state index in [-0.39, 0.29) is 11.7 Å². The molecule has 3 heteroatoms. The number of halogens is 1. The zero-order valence-corrected chi connectivity index (χ0v) is 8.74. The van der Waals surface area contributed by atoms with E-state index in [2.05, 4.69) is 0 Å². The lowest BCUT2D eigenvalue weighted by Gasteiger charge is -2.29. The van der Waals surface area contributed by atoms with Gasteiger partial charge < -0.3 is 9.84 Å². The monoisotopic (exact) mass is 210 g/mol. The molecule has 0 aliphatic carbocycles. The minimum Gasteiger partial charge on any atom is -0.385 e. The van der Waals surface area contributed by atoms with Gasteiger partial charge in [-0.05, 0) is 31.0 Å². The Bertz CT molecular complexity index is 343. The van der Waals surface area contributed by atoms with Crippen molar-refractivity contribution in [1.29, 1.82) is 0 Å². The van der Waals surface area contributed by atoms with Crippen molar-refractivity contribution in [2.24, 2.45) is 5.92 Å². The Kier molecular flexibility index (Phi) is 2.76. The van der Waals surface area contributed by atoms with Crippen LogP contribution in [0, 0.1) is 11.7 Å². The first-order chi connectivity index (χ1) is 7.10. The summed E-state index contributed by atoms with van der Waals surface area (Å²) in [5.74, 6) is -0.258. The molecule has 0 aromatic heterocycles. The lowest BCUT2D eigenvalue weighted by Crippen LogP contribution is -2.32. The first-order valence-corrected chi connectivity index (χ1v) is 5.17. The molecule has 1 aromatic rings. The third kappa shape index (κ3) is 2.03. The van der Waals surface area contributed by atoms with Gasteiger partial charge in [-0.2, -0.15) is 0 Å². The molecule has 1 heterocycles. The van der Waals surface area contributed by atoms with Gasteiger partial charge in [-0.3, -0.25) is 0 Å². The molecule has 1 fully saturated rings. The van der Waals surface area contributed by atoms with Crippen molar-refractivity contribution in [3.63, 3.8) is 0 Å². The number of ether oxygens (including phenoxy) is 1. The highest BCUT2D eigenvalue weighted by atomic mass is 19.1. The quantitative estimate of drug-likeness (QED) is 0.809. The summed E-state index contributed by atoms with van der Waals surface area (Å²) in [6.45, 7) is 2.95. The SMILES string of the molecule is CC(O)(c1cccc(F)c1)C1CCOC1. The summed E-state index contributed by atoms with van der Waals surface area (Å²) in [6, 6.07) is 6.14. The summed E-state index contributed by atoms with van der Waals surface area (Å²) in [6.07, 6.45) is 0.823. The maximum absolute atomic E-state index is 13.0. The van der Waals surface area contributed by atoms with Crippen molar-refractivity contribution >= 4 is 0 Å². The minimum absolute atomic E-state index is 0.0549. The number of hydrogen-bond donors (Lipinski definition) is 1. The molecular weight excluding hydrogens is 195 g/mol. The van der Waals surface area contributed by atoms with E-state index in [1.165, 1.54) is 12.1 Å². The fraction of sp³-hybridized carbons (Fsp3) is 0.500. The van der Waals surface area contributed by atoms with Gasteiger partial charge in [0.1, 0.15) is 5.82 Å². The van der Waals surface area contributed by atoms with E-state index < -0.39 is 5.60 Å². The van der Waals surface area contributed by atoms with Crippen LogP contribution in [-0.2, 0) is 10.3 Å². The second-order valence-corrected chi connectivity index (χ2v) is 4.22. The van der Waals surface area contributed by atoms with Crippen LogP contribution >= 0.6 is 0 Å². The third-order valence-electron chi connectivity index (χ3n) is 3.13. The van der Waals surface area contributed by atoms with Crippen LogP contribution < -0.4 is 0 Å². The second kappa shape index (κ2) is 3.91. The Morgan fingerprint density at radius 1 is 1.53 bits per heavy atom. The normalized spacial score (nSPS) is 25.1. The molecule has 2 atom stereocenters. The Morgan fingerprint density at radius 3 is 2.93 bits per heavy atom. The van der Waals surface area contributed by atoms with E-state index in [1.54, 1.807) is 19.1 Å². The lowest BCUT2D eigenvalue weighted by atomic mass is 9.82. The van der Waals surface area contributed by atoms with Gasteiger partial charge in [-0.25, -0.2) is 4.39 Å². The molecule has 0 spiro atoms. The van der Waals surface area contributed by atoms with E-state index in [0.29, 0.717) is 18.8 Å². The van der Waals surface area contributed by atoms with Crippen LogP contribution in [0.2, 0.25) is 0 Å². The standard InChI is InChI=1S/C12H15FO2/c1-12(14,10-5-6-15-8-10)9-3-2-4-11(13)7-9/h2-4,7,10,14H,5-6,8H2,1H3. The van der Waals surface area contributed by atoms with Gasteiger partial charge in [0.05, 0.1) is 12.2 Å². The van der Waals surface area contributed by atoms with Crippen molar-refractivity contribution < 1.29 is 14.2 Å². The molecule has 0 bridgehead atoms. The summed E-state index contributed by atoms with van der Waals surface area (Å²) in [5.41, 5.74) is -0.378. The lowest BCUT2D eigenvalue weighted by molar-refractivity contribution is -0.00994. The Balaban J connectivity index is 2.27. The van der Waals surface area contributed by atoms with Crippen LogP contribution in [0.15, 0.2) is 24.3 Å². The van der Waals surface area contributed by atoms with Gasteiger partial charge >= 0.3 is 0 Å². The number of rotatable bonds is 2. The average Bonchev–Trinajstić information content (AvgIpc) is 2.71. The molecule has 2 unspecified atom stereocenters. The van der Waals surface area contributed by atoms with E-state index >= 15 is 0 Å². The molecule has 15 heavy (non-hydrogen) atoms. The average molecular weight is 210 g/mol. The third-order valence-corrected chi connectivity index (χ3v) is 3.13. The molecule has 82 valence electrons. The van der Waals surface area contributed by atoms with Gasteiger partial charge in [0, 0.05) is 12.5 Å². The molecule has 1 N–H and O–H groups in total. The summed E-state index contributed by atoms with van der Waals surface area (Å²) >= 11 is 0. The molecule has 1 aromatic carbocycles. The minimum atomic E-state index is -1.00. The van der Waals surface area contributed by atoms with E-state index in [9.17, 15) is 9.50 Å². The molecule has 0 amide bonds. The summed E-state index contributed by atoms with van der Waals surface area (Å²) in [5, 5.41) is 10.4. The van der Waals surface area contributed by atoms with Crippen molar-refractivity contribution in [3.05, 3.63) is 35.6 Å². The van der Waals surface area contributed by atoms with Gasteiger partial charge in [-0.1, -0.05) is 12.1 Å². The second-order valence-electron chi connectivity index (χ2n) is 4.22. The molecule has 1 aliphatic rings. The molecule has 2 rings (SSSR count). The first kappa shape index (κ1) is 10.6. The zero-order chi connectivity index (χ0) is 10.9. The van der Waals surface area contributed by atoms with Crippen molar-refractivity contribution in [1.82, 2.24) is 0 Å². The maximum atomic E-state index is 13.0. The first-order valence-electron chi connectivity index (χ1n) is 5.17.